The van der Waals surface area contributed by atoms with Gasteiger partial charge in [0.05, 0.1) is 6.54 Å². The summed E-state index contributed by atoms with van der Waals surface area (Å²) in [6.45, 7) is 2.10. The van der Waals surface area contributed by atoms with Crippen LogP contribution in [0.25, 0.3) is 0 Å². The molecule has 0 aromatic carbocycles. The van der Waals surface area contributed by atoms with Gasteiger partial charge in [0.1, 0.15) is 23.3 Å². The van der Waals surface area contributed by atoms with Crippen LogP contribution in [-0.2, 0) is 6.54 Å². The number of nitrogens with one attached hydrogen (secondary N) is 1. The standard InChI is InChI=1S/C11H11N3O3/c1-7-2-4-12-10(9(7)11(15)16)13-6-8-3-5-17-14-8/h2-5H,6H2,1H3,(H,12,13)(H,15,16). The van der Waals surface area contributed by atoms with E-state index in [4.69, 9.17) is 5.11 Å². The van der Waals surface area contributed by atoms with Crippen LogP contribution in [0.15, 0.2) is 29.1 Å². The van der Waals surface area contributed by atoms with Crippen molar-refractivity contribution in [2.45, 2.75) is 13.5 Å². The molecule has 88 valence electrons. The van der Waals surface area contributed by atoms with E-state index in [9.17, 15) is 4.79 Å². The van der Waals surface area contributed by atoms with Crippen LogP contribution < -0.4 is 5.32 Å². The van der Waals surface area contributed by atoms with E-state index in [0.717, 1.165) is 0 Å². The van der Waals surface area contributed by atoms with Gasteiger partial charge in [-0.2, -0.15) is 0 Å². The SMILES string of the molecule is Cc1ccnc(NCc2ccon2)c1C(=O)O. The van der Waals surface area contributed by atoms with Crippen LogP contribution in [-0.4, -0.2) is 21.2 Å². The number of rotatable bonds is 4. The Morgan fingerprint density at radius 2 is 2.35 bits per heavy atom. The van der Waals surface area contributed by atoms with E-state index >= 15 is 0 Å². The zero-order valence-electron chi connectivity index (χ0n) is 9.17. The summed E-state index contributed by atoms with van der Waals surface area (Å²) in [6.07, 6.45) is 3.02. The van der Waals surface area contributed by atoms with Gasteiger partial charge in [-0.3, -0.25) is 0 Å². The number of carboxylic acid groups (broad SMARTS) is 1. The molecular weight excluding hydrogens is 222 g/mol. The molecule has 0 saturated carbocycles. The van der Waals surface area contributed by atoms with Gasteiger partial charge in [-0.25, -0.2) is 9.78 Å². The second-order valence-electron chi connectivity index (χ2n) is 3.50. The van der Waals surface area contributed by atoms with Gasteiger partial charge in [-0.05, 0) is 18.6 Å². The predicted molar refractivity (Wildman–Crippen MR) is 59.8 cm³/mol. The van der Waals surface area contributed by atoms with Gasteiger partial charge in [-0.15, -0.1) is 0 Å². The molecule has 0 aliphatic carbocycles. The van der Waals surface area contributed by atoms with Gasteiger partial charge >= 0.3 is 5.97 Å². The van der Waals surface area contributed by atoms with Crippen LogP contribution in [0.3, 0.4) is 0 Å². The molecular formula is C11H11N3O3. The fraction of sp³-hybridized carbons (Fsp3) is 0.182. The minimum Gasteiger partial charge on any atom is -0.478 e. The van der Waals surface area contributed by atoms with E-state index < -0.39 is 5.97 Å². The average Bonchev–Trinajstić information content (AvgIpc) is 2.78. The topological polar surface area (TPSA) is 88.3 Å². The number of carboxylic acids is 1. The lowest BCUT2D eigenvalue weighted by Crippen LogP contribution is -2.10. The van der Waals surface area contributed by atoms with Crippen LogP contribution >= 0.6 is 0 Å². The van der Waals surface area contributed by atoms with Crippen molar-refractivity contribution in [1.29, 1.82) is 0 Å². The molecule has 17 heavy (non-hydrogen) atoms. The van der Waals surface area contributed by atoms with Crippen LogP contribution in [0.1, 0.15) is 21.6 Å². The molecule has 6 heteroatoms. The van der Waals surface area contributed by atoms with Crippen LogP contribution in [0.2, 0.25) is 0 Å². The molecule has 2 heterocycles. The molecule has 0 saturated heterocycles. The summed E-state index contributed by atoms with van der Waals surface area (Å²) in [5.41, 5.74) is 1.52. The Labute approximate surface area is 97.3 Å². The van der Waals surface area contributed by atoms with Gasteiger partial charge in [0.15, 0.2) is 0 Å². The Hall–Kier alpha value is -2.37. The van der Waals surface area contributed by atoms with Crippen molar-refractivity contribution in [2.75, 3.05) is 5.32 Å². The molecule has 0 unspecified atom stereocenters. The van der Waals surface area contributed by atoms with Crippen molar-refractivity contribution in [3.05, 3.63) is 41.4 Å². The summed E-state index contributed by atoms with van der Waals surface area (Å²) in [5.74, 6) is -0.668. The zero-order chi connectivity index (χ0) is 12.3. The molecule has 2 aromatic rings. The van der Waals surface area contributed by atoms with Crippen LogP contribution in [0.5, 0.6) is 0 Å². The van der Waals surface area contributed by atoms with E-state index in [1.54, 1.807) is 25.3 Å². The maximum Gasteiger partial charge on any atom is 0.339 e. The first-order valence-electron chi connectivity index (χ1n) is 5.00. The third kappa shape index (κ3) is 2.41. The summed E-state index contributed by atoms with van der Waals surface area (Å²) in [7, 11) is 0. The first-order valence-corrected chi connectivity index (χ1v) is 5.00. The molecule has 6 nitrogen and oxygen atoms in total. The lowest BCUT2D eigenvalue weighted by Gasteiger charge is -2.08. The fourth-order valence-electron chi connectivity index (χ4n) is 1.47. The fourth-order valence-corrected chi connectivity index (χ4v) is 1.47. The summed E-state index contributed by atoms with van der Waals surface area (Å²) in [5, 5.41) is 15.7. The van der Waals surface area contributed by atoms with E-state index in [1.807, 2.05) is 0 Å². The summed E-state index contributed by atoms with van der Waals surface area (Å²) >= 11 is 0. The predicted octanol–water partition coefficient (Wildman–Crippen LogP) is 1.69. The van der Waals surface area contributed by atoms with Crippen LogP contribution in [0, 0.1) is 6.92 Å². The average molecular weight is 233 g/mol. The smallest absolute Gasteiger partial charge is 0.339 e. The first-order chi connectivity index (χ1) is 8.18. The van der Waals surface area contributed by atoms with Crippen molar-refractivity contribution < 1.29 is 14.4 Å². The van der Waals surface area contributed by atoms with Crippen molar-refractivity contribution >= 4 is 11.8 Å². The van der Waals surface area contributed by atoms with Gasteiger partial charge in [0.2, 0.25) is 0 Å². The maximum atomic E-state index is 11.1. The first kappa shape index (κ1) is 11.1. The lowest BCUT2D eigenvalue weighted by atomic mass is 10.1. The molecule has 0 fully saturated rings. The van der Waals surface area contributed by atoms with Crippen LogP contribution in [0.4, 0.5) is 5.82 Å². The maximum absolute atomic E-state index is 11.1. The number of hydrogen-bond donors (Lipinski definition) is 2. The highest BCUT2D eigenvalue weighted by atomic mass is 16.5. The normalized spacial score (nSPS) is 10.2. The number of aryl methyl sites for hydroxylation is 1. The largest absolute Gasteiger partial charge is 0.478 e. The Kier molecular flexibility index (Phi) is 3.04. The summed E-state index contributed by atoms with van der Waals surface area (Å²) < 4.78 is 4.68. The number of nitrogens with zero attached hydrogens (tertiary/aromatic N) is 2. The Morgan fingerprint density at radius 1 is 1.53 bits per heavy atom. The van der Waals surface area contributed by atoms with Gasteiger partial charge in [0, 0.05) is 12.3 Å². The minimum absolute atomic E-state index is 0.177. The molecule has 0 atom stereocenters. The number of anilines is 1. The summed E-state index contributed by atoms with van der Waals surface area (Å²) in [4.78, 5) is 15.1. The highest BCUT2D eigenvalue weighted by molar-refractivity contribution is 5.94. The molecule has 0 amide bonds. The monoisotopic (exact) mass is 233 g/mol. The molecule has 2 aromatic heterocycles. The van der Waals surface area contributed by atoms with E-state index in [0.29, 0.717) is 23.6 Å². The molecule has 0 aliphatic heterocycles. The second kappa shape index (κ2) is 4.65. The van der Waals surface area contributed by atoms with Gasteiger partial charge < -0.3 is 14.9 Å². The molecule has 0 radical (unpaired) electrons. The molecule has 2 N–H and O–H groups in total. The van der Waals surface area contributed by atoms with Crippen molar-refractivity contribution in [3.8, 4) is 0 Å². The Morgan fingerprint density at radius 3 is 3.00 bits per heavy atom. The minimum atomic E-state index is -1.00. The third-order valence-electron chi connectivity index (χ3n) is 2.30. The number of aromatic nitrogens is 2. The van der Waals surface area contributed by atoms with Crippen molar-refractivity contribution in [3.63, 3.8) is 0 Å². The van der Waals surface area contributed by atoms with E-state index in [2.05, 4.69) is 20.0 Å². The molecule has 0 aliphatic rings. The van der Waals surface area contributed by atoms with Crippen molar-refractivity contribution in [1.82, 2.24) is 10.1 Å². The van der Waals surface area contributed by atoms with E-state index in [-0.39, 0.29) is 5.56 Å². The quantitative estimate of drug-likeness (QED) is 0.835. The number of pyridine rings is 1. The number of carbonyl (C=O) groups is 1. The molecule has 0 spiro atoms. The molecule has 2 rings (SSSR count). The van der Waals surface area contributed by atoms with Crippen molar-refractivity contribution in [2.24, 2.45) is 0 Å². The highest BCUT2D eigenvalue weighted by Crippen LogP contribution is 2.17. The molecule has 0 bridgehead atoms. The van der Waals surface area contributed by atoms with Gasteiger partial charge in [0.25, 0.3) is 0 Å². The Bertz CT molecular complexity index is 523. The zero-order valence-corrected chi connectivity index (χ0v) is 9.17. The summed E-state index contributed by atoms with van der Waals surface area (Å²) in [6, 6.07) is 3.36. The highest BCUT2D eigenvalue weighted by Gasteiger charge is 2.14. The van der Waals surface area contributed by atoms with E-state index in [1.165, 1.54) is 6.26 Å². The third-order valence-corrected chi connectivity index (χ3v) is 2.30. The Balaban J connectivity index is 2.21. The lowest BCUT2D eigenvalue weighted by molar-refractivity contribution is 0.0697. The second-order valence-corrected chi connectivity index (χ2v) is 3.50. The number of aromatic carboxylic acids is 1. The van der Waals surface area contributed by atoms with Gasteiger partial charge in [-0.1, -0.05) is 5.16 Å². The number of hydrogen-bond acceptors (Lipinski definition) is 5.